The zero-order valence-electron chi connectivity index (χ0n) is 19.4. The number of nitrogens with one attached hydrogen (secondary N) is 2. The van der Waals surface area contributed by atoms with Gasteiger partial charge >= 0.3 is 12.1 Å². The van der Waals surface area contributed by atoms with Crippen LogP contribution in [0, 0.1) is 0 Å². The van der Waals surface area contributed by atoms with Crippen molar-refractivity contribution in [3.63, 3.8) is 0 Å². The number of carbonyl (C=O) groups is 4. The molecule has 2 heterocycles. The van der Waals surface area contributed by atoms with Gasteiger partial charge < -0.3 is 25.4 Å². The van der Waals surface area contributed by atoms with Gasteiger partial charge in [-0.3, -0.25) is 9.59 Å². The van der Waals surface area contributed by atoms with Gasteiger partial charge in [-0.25, -0.2) is 9.59 Å². The summed E-state index contributed by atoms with van der Waals surface area (Å²) in [6.07, 6.45) is 9.16. The third-order valence-corrected chi connectivity index (χ3v) is 5.59. The van der Waals surface area contributed by atoms with Crippen molar-refractivity contribution in [2.24, 2.45) is 0 Å². The quantitative estimate of drug-likeness (QED) is 0.555. The van der Waals surface area contributed by atoms with Crippen molar-refractivity contribution in [3.8, 4) is 0 Å². The minimum absolute atomic E-state index is 0.293. The molecular weight excluding hydrogens is 414 g/mol. The lowest BCUT2D eigenvalue weighted by Crippen LogP contribution is -2.55. The molecule has 0 bridgehead atoms. The molecule has 0 aromatic heterocycles. The van der Waals surface area contributed by atoms with Gasteiger partial charge in [-0.05, 0) is 65.7 Å². The molecular formula is C23H37N3O6. The third-order valence-electron chi connectivity index (χ3n) is 5.59. The number of hydrogen-bond donors (Lipinski definition) is 3. The summed E-state index contributed by atoms with van der Waals surface area (Å²) < 4.78 is 5.33. The molecule has 0 saturated carbocycles. The zero-order valence-corrected chi connectivity index (χ0v) is 19.4. The second-order valence-electron chi connectivity index (χ2n) is 9.47. The molecule has 9 nitrogen and oxygen atoms in total. The number of amides is 3. The highest BCUT2D eigenvalue weighted by Crippen LogP contribution is 2.21. The van der Waals surface area contributed by atoms with Gasteiger partial charge in [0.25, 0.3) is 0 Å². The molecule has 2 rings (SSSR count). The number of hydrogen-bond acceptors (Lipinski definition) is 5. The molecule has 180 valence electrons. The Bertz CT molecular complexity index is 715. The van der Waals surface area contributed by atoms with E-state index in [-0.39, 0.29) is 5.91 Å². The SMILES string of the molecule is CC(C)(C)OC(=O)NC1CCCCCC=CCCC(C(=O)O)NC(=O)C2CCCN2C1=O. The van der Waals surface area contributed by atoms with E-state index in [1.165, 1.54) is 4.90 Å². The van der Waals surface area contributed by atoms with Crippen LogP contribution in [0.2, 0.25) is 0 Å². The average molecular weight is 452 g/mol. The molecule has 9 heteroatoms. The van der Waals surface area contributed by atoms with Crippen LogP contribution in [0.5, 0.6) is 0 Å². The molecule has 1 saturated heterocycles. The largest absolute Gasteiger partial charge is 0.480 e. The highest BCUT2D eigenvalue weighted by Gasteiger charge is 2.39. The van der Waals surface area contributed by atoms with Gasteiger partial charge in [-0.1, -0.05) is 25.0 Å². The minimum Gasteiger partial charge on any atom is -0.480 e. The first-order chi connectivity index (χ1) is 15.1. The summed E-state index contributed by atoms with van der Waals surface area (Å²) >= 11 is 0. The van der Waals surface area contributed by atoms with Crippen LogP contribution in [0.4, 0.5) is 4.79 Å². The first kappa shape index (κ1) is 25.7. The second-order valence-corrected chi connectivity index (χ2v) is 9.47. The summed E-state index contributed by atoms with van der Waals surface area (Å²) in [6.45, 7) is 5.64. The molecule has 3 atom stereocenters. The number of carboxylic acids is 1. The Morgan fingerprint density at radius 2 is 1.78 bits per heavy atom. The first-order valence-corrected chi connectivity index (χ1v) is 11.6. The lowest BCUT2D eigenvalue weighted by atomic mass is 10.0. The topological polar surface area (TPSA) is 125 Å². The molecule has 0 aromatic carbocycles. The van der Waals surface area contributed by atoms with Crippen molar-refractivity contribution in [3.05, 3.63) is 12.2 Å². The number of allylic oxidation sites excluding steroid dienone is 2. The standard InChI is InChI=1S/C23H37N3O6/c1-23(2,3)32-22(31)25-16-12-9-7-5-4-6-8-10-13-17(21(29)30)24-19(27)18-14-11-15-26(18)20(16)28/h6,8,16-18H,4-5,7,9-15H2,1-3H3,(H,24,27)(H,25,31)(H,29,30). The molecule has 3 unspecified atom stereocenters. The van der Waals surface area contributed by atoms with Crippen molar-refractivity contribution in [2.45, 2.75) is 102 Å². The maximum Gasteiger partial charge on any atom is 0.408 e. The predicted molar refractivity (Wildman–Crippen MR) is 119 cm³/mol. The Labute approximate surface area is 189 Å². The molecule has 3 amide bonds. The zero-order chi connectivity index (χ0) is 23.7. The number of ether oxygens (including phenoxy) is 1. The van der Waals surface area contributed by atoms with Crippen LogP contribution in [0.3, 0.4) is 0 Å². The van der Waals surface area contributed by atoms with E-state index >= 15 is 0 Å². The Balaban J connectivity index is 2.20. The number of carboxylic acid groups (broad SMARTS) is 1. The van der Waals surface area contributed by atoms with Crippen molar-refractivity contribution >= 4 is 23.9 Å². The van der Waals surface area contributed by atoms with Crippen LogP contribution in [-0.4, -0.2) is 64.2 Å². The lowest BCUT2D eigenvalue weighted by molar-refractivity contribution is -0.144. The molecule has 3 N–H and O–H groups in total. The van der Waals surface area contributed by atoms with E-state index in [4.69, 9.17) is 4.74 Å². The molecule has 1 fully saturated rings. The Hall–Kier alpha value is -2.58. The van der Waals surface area contributed by atoms with Crippen LogP contribution in [-0.2, 0) is 19.1 Å². The molecule has 0 aliphatic carbocycles. The fourth-order valence-corrected chi connectivity index (χ4v) is 4.02. The summed E-state index contributed by atoms with van der Waals surface area (Å²) in [7, 11) is 0. The highest BCUT2D eigenvalue weighted by molar-refractivity contribution is 5.93. The smallest absolute Gasteiger partial charge is 0.408 e. The van der Waals surface area contributed by atoms with E-state index in [0.717, 1.165) is 25.7 Å². The van der Waals surface area contributed by atoms with Crippen molar-refractivity contribution < 1.29 is 29.0 Å². The maximum atomic E-state index is 13.3. The molecule has 0 spiro atoms. The molecule has 32 heavy (non-hydrogen) atoms. The van der Waals surface area contributed by atoms with Gasteiger partial charge in [0.1, 0.15) is 23.7 Å². The Kier molecular flexibility index (Phi) is 9.53. The van der Waals surface area contributed by atoms with E-state index in [1.807, 2.05) is 12.2 Å². The van der Waals surface area contributed by atoms with Crippen molar-refractivity contribution in [1.29, 1.82) is 0 Å². The number of aliphatic carboxylic acids is 1. The molecule has 2 aliphatic rings. The van der Waals surface area contributed by atoms with Gasteiger partial charge in [0.05, 0.1) is 0 Å². The van der Waals surface area contributed by atoms with E-state index < -0.39 is 41.7 Å². The maximum absolute atomic E-state index is 13.3. The summed E-state index contributed by atoms with van der Waals surface area (Å²) in [5, 5.41) is 14.8. The van der Waals surface area contributed by atoms with Crippen LogP contribution >= 0.6 is 0 Å². The van der Waals surface area contributed by atoms with Gasteiger partial charge in [-0.15, -0.1) is 0 Å². The van der Waals surface area contributed by atoms with E-state index in [9.17, 15) is 24.3 Å². The summed E-state index contributed by atoms with van der Waals surface area (Å²) in [5.41, 5.74) is -0.695. The lowest BCUT2D eigenvalue weighted by Gasteiger charge is -2.30. The average Bonchev–Trinajstić information content (AvgIpc) is 3.17. The molecule has 0 aromatic rings. The summed E-state index contributed by atoms with van der Waals surface area (Å²) in [6, 6.07) is -2.54. The van der Waals surface area contributed by atoms with E-state index in [1.54, 1.807) is 20.8 Å². The molecule has 2 aliphatic heterocycles. The fraction of sp³-hybridized carbons (Fsp3) is 0.739. The third kappa shape index (κ3) is 8.16. The Morgan fingerprint density at radius 3 is 2.47 bits per heavy atom. The summed E-state index contributed by atoms with van der Waals surface area (Å²) in [4.78, 5) is 51.6. The Morgan fingerprint density at radius 1 is 1.06 bits per heavy atom. The van der Waals surface area contributed by atoms with Crippen molar-refractivity contribution in [1.82, 2.24) is 15.5 Å². The first-order valence-electron chi connectivity index (χ1n) is 11.6. The van der Waals surface area contributed by atoms with Crippen LogP contribution in [0.1, 0.15) is 78.6 Å². The number of rotatable bonds is 2. The number of alkyl carbamates (subject to hydrolysis) is 1. The summed E-state index contributed by atoms with van der Waals surface area (Å²) in [5.74, 6) is -1.88. The number of nitrogens with zero attached hydrogens (tertiary/aromatic N) is 1. The second kappa shape index (κ2) is 11.9. The monoisotopic (exact) mass is 451 g/mol. The predicted octanol–water partition coefficient (Wildman–Crippen LogP) is 2.74. The highest BCUT2D eigenvalue weighted by atomic mass is 16.6. The van der Waals surface area contributed by atoms with Crippen molar-refractivity contribution in [2.75, 3.05) is 6.54 Å². The minimum atomic E-state index is -1.09. The molecule has 0 radical (unpaired) electrons. The number of carbonyl (C=O) groups excluding carboxylic acids is 3. The van der Waals surface area contributed by atoms with Gasteiger partial charge in [-0.2, -0.15) is 0 Å². The van der Waals surface area contributed by atoms with Crippen LogP contribution < -0.4 is 10.6 Å². The van der Waals surface area contributed by atoms with Gasteiger partial charge in [0, 0.05) is 6.54 Å². The number of fused-ring (bicyclic) bond motifs is 1. The van der Waals surface area contributed by atoms with Crippen LogP contribution in [0.25, 0.3) is 0 Å². The van der Waals surface area contributed by atoms with Gasteiger partial charge in [0.2, 0.25) is 11.8 Å². The normalized spacial score (nSPS) is 26.2. The van der Waals surface area contributed by atoms with E-state index in [0.29, 0.717) is 38.6 Å². The van der Waals surface area contributed by atoms with Gasteiger partial charge in [0.15, 0.2) is 0 Å². The van der Waals surface area contributed by atoms with E-state index in [2.05, 4.69) is 10.6 Å². The van der Waals surface area contributed by atoms with Crippen LogP contribution in [0.15, 0.2) is 12.2 Å². The fourth-order valence-electron chi connectivity index (χ4n) is 4.02.